The lowest BCUT2D eigenvalue weighted by atomic mass is 9.64. The van der Waals surface area contributed by atoms with Gasteiger partial charge in [-0.05, 0) is 98.9 Å². The molecule has 0 bridgehead atoms. The molecule has 31 heavy (non-hydrogen) atoms. The summed E-state index contributed by atoms with van der Waals surface area (Å²) in [6.45, 7) is 2.12. The summed E-state index contributed by atoms with van der Waals surface area (Å²) in [7, 11) is 0. The average molecular weight is 418 g/mol. The quantitative estimate of drug-likeness (QED) is 0.312. The predicted molar refractivity (Wildman–Crippen MR) is 118 cm³/mol. The van der Waals surface area contributed by atoms with Crippen molar-refractivity contribution in [2.75, 3.05) is 0 Å². The number of hydrogen-bond donors (Lipinski definition) is 0. The summed E-state index contributed by atoms with van der Waals surface area (Å²) in [5, 5.41) is 8.80. The van der Waals surface area contributed by atoms with E-state index in [1.807, 2.05) is 12.1 Å². The van der Waals surface area contributed by atoms with Crippen LogP contribution >= 0.6 is 0 Å². The number of hydrogen-bond acceptors (Lipinski definition) is 3. The number of allylic oxidation sites excluding steroid dienone is 2. The zero-order valence-electron chi connectivity index (χ0n) is 17.9. The van der Waals surface area contributed by atoms with E-state index in [-0.39, 0.29) is 11.3 Å². The largest absolute Gasteiger partial charge is 0.423 e. The Kier molecular flexibility index (Phi) is 6.51. The monoisotopic (exact) mass is 417 g/mol. The van der Waals surface area contributed by atoms with E-state index in [4.69, 9.17) is 10.00 Å². The van der Waals surface area contributed by atoms with Gasteiger partial charge in [0, 0.05) is 6.07 Å². The number of benzene rings is 2. The van der Waals surface area contributed by atoms with Gasteiger partial charge in [-0.15, -0.1) is 0 Å². The Morgan fingerprint density at radius 3 is 2.52 bits per heavy atom. The molecule has 0 radical (unpaired) electrons. The highest BCUT2D eigenvalue weighted by molar-refractivity contribution is 5.91. The Labute approximate surface area is 183 Å². The lowest BCUT2D eigenvalue weighted by Crippen LogP contribution is -2.30. The lowest BCUT2D eigenvalue weighted by molar-refractivity contribution is 0.0734. The highest BCUT2D eigenvalue weighted by atomic mass is 19.1. The van der Waals surface area contributed by atoms with Crippen LogP contribution in [0.5, 0.6) is 5.75 Å². The number of halogens is 1. The zero-order chi connectivity index (χ0) is 21.8. The van der Waals surface area contributed by atoms with E-state index in [2.05, 4.69) is 19.1 Å². The van der Waals surface area contributed by atoms with Gasteiger partial charge in [0.2, 0.25) is 0 Å². The molecule has 0 aliphatic heterocycles. The van der Waals surface area contributed by atoms with Gasteiger partial charge in [0.1, 0.15) is 17.6 Å². The standard InChI is InChI=1S/C27H28FNO2/c1-2-3-18-4-5-23-15-22(11-10-21(23)14-18)19-6-8-20(9-7-19)27(30)31-25-13-12-24(17-29)26(28)16-25/h2-3,6-9,12-13,16,18,21-23H,4-5,10-11,14-15H2,1H3/b3-2+. The SMILES string of the molecule is C/C=C/C1CCC2CC(c3ccc(C(=O)Oc4ccc(C#N)c(F)c4)cc3)CCC2C1. The van der Waals surface area contributed by atoms with E-state index in [0.29, 0.717) is 11.5 Å². The molecule has 4 unspecified atom stereocenters. The van der Waals surface area contributed by atoms with Gasteiger partial charge in [-0.3, -0.25) is 0 Å². The van der Waals surface area contributed by atoms with Crippen LogP contribution in [0.1, 0.15) is 72.9 Å². The van der Waals surface area contributed by atoms with E-state index in [1.165, 1.54) is 56.2 Å². The molecule has 2 aliphatic rings. The third-order valence-corrected chi connectivity index (χ3v) is 7.01. The lowest BCUT2D eigenvalue weighted by Gasteiger charge is -2.41. The molecule has 4 heteroatoms. The van der Waals surface area contributed by atoms with Crippen LogP contribution in [0.15, 0.2) is 54.6 Å². The van der Waals surface area contributed by atoms with Gasteiger partial charge < -0.3 is 4.74 Å². The molecule has 2 fully saturated rings. The van der Waals surface area contributed by atoms with Crippen molar-refractivity contribution in [1.82, 2.24) is 0 Å². The third kappa shape index (κ3) is 4.88. The van der Waals surface area contributed by atoms with Gasteiger partial charge in [-0.1, -0.05) is 24.3 Å². The van der Waals surface area contributed by atoms with E-state index >= 15 is 0 Å². The summed E-state index contributed by atoms with van der Waals surface area (Å²) < 4.78 is 19.0. The van der Waals surface area contributed by atoms with Crippen LogP contribution < -0.4 is 4.74 Å². The zero-order valence-corrected chi connectivity index (χ0v) is 17.9. The molecule has 0 saturated heterocycles. The van der Waals surface area contributed by atoms with Crippen molar-refractivity contribution in [2.45, 2.75) is 51.4 Å². The third-order valence-electron chi connectivity index (χ3n) is 7.01. The fraction of sp³-hybridized carbons (Fsp3) is 0.407. The topological polar surface area (TPSA) is 50.1 Å². The van der Waals surface area contributed by atoms with Crippen LogP contribution in [0, 0.1) is 34.9 Å². The molecule has 2 saturated carbocycles. The highest BCUT2D eigenvalue weighted by Gasteiger charge is 2.35. The summed E-state index contributed by atoms with van der Waals surface area (Å²) in [5.74, 6) is 1.86. The maximum Gasteiger partial charge on any atom is 0.343 e. The molecule has 4 atom stereocenters. The fourth-order valence-corrected chi connectivity index (χ4v) is 5.38. The van der Waals surface area contributed by atoms with E-state index in [9.17, 15) is 9.18 Å². The number of ether oxygens (including phenoxy) is 1. The van der Waals surface area contributed by atoms with Crippen LogP contribution in [0.2, 0.25) is 0 Å². The summed E-state index contributed by atoms with van der Waals surface area (Å²) in [4.78, 5) is 12.4. The van der Waals surface area contributed by atoms with Crippen molar-refractivity contribution in [3.05, 3.63) is 77.1 Å². The van der Waals surface area contributed by atoms with Gasteiger partial charge >= 0.3 is 5.97 Å². The minimum absolute atomic E-state index is 0.0748. The Bertz CT molecular complexity index is 1000. The number of nitrogens with zero attached hydrogens (tertiary/aromatic N) is 1. The normalized spacial score (nSPS) is 25.6. The Hall–Kier alpha value is -2.93. The predicted octanol–water partition coefficient (Wildman–Crippen LogP) is 6.79. The van der Waals surface area contributed by atoms with Gasteiger partial charge in [0.05, 0.1) is 11.1 Å². The first kappa shape index (κ1) is 21.3. The molecule has 4 rings (SSSR count). The van der Waals surface area contributed by atoms with Crippen molar-refractivity contribution in [1.29, 1.82) is 5.26 Å². The molecular formula is C27H28FNO2. The molecule has 2 aliphatic carbocycles. The minimum Gasteiger partial charge on any atom is -0.423 e. The van der Waals surface area contributed by atoms with Gasteiger partial charge in [0.15, 0.2) is 0 Å². The van der Waals surface area contributed by atoms with Crippen molar-refractivity contribution in [3.8, 4) is 11.8 Å². The number of fused-ring (bicyclic) bond motifs is 1. The molecular weight excluding hydrogens is 389 g/mol. The summed E-state index contributed by atoms with van der Waals surface area (Å²) in [6.07, 6.45) is 12.3. The maximum atomic E-state index is 13.7. The molecule has 0 amide bonds. The number of esters is 1. The van der Waals surface area contributed by atoms with Crippen LogP contribution in [-0.2, 0) is 0 Å². The summed E-state index contributed by atoms with van der Waals surface area (Å²) in [5.41, 5.74) is 1.65. The fourth-order valence-electron chi connectivity index (χ4n) is 5.38. The Morgan fingerprint density at radius 2 is 1.81 bits per heavy atom. The van der Waals surface area contributed by atoms with Gasteiger partial charge in [-0.25, -0.2) is 9.18 Å². The first-order chi connectivity index (χ1) is 15.1. The second-order valence-electron chi connectivity index (χ2n) is 8.89. The van der Waals surface area contributed by atoms with E-state index in [0.717, 1.165) is 23.8 Å². The van der Waals surface area contributed by atoms with Gasteiger partial charge in [0.25, 0.3) is 0 Å². The first-order valence-corrected chi connectivity index (χ1v) is 11.2. The Balaban J connectivity index is 1.37. The first-order valence-electron chi connectivity index (χ1n) is 11.2. The maximum absolute atomic E-state index is 13.7. The van der Waals surface area contributed by atoms with Crippen LogP contribution in [0.25, 0.3) is 0 Å². The van der Waals surface area contributed by atoms with Crippen molar-refractivity contribution in [3.63, 3.8) is 0 Å². The van der Waals surface area contributed by atoms with Crippen LogP contribution in [0.3, 0.4) is 0 Å². The number of nitriles is 1. The Morgan fingerprint density at radius 1 is 1.06 bits per heavy atom. The van der Waals surface area contributed by atoms with Crippen molar-refractivity contribution < 1.29 is 13.9 Å². The van der Waals surface area contributed by atoms with Crippen LogP contribution in [0.4, 0.5) is 4.39 Å². The smallest absolute Gasteiger partial charge is 0.343 e. The highest BCUT2D eigenvalue weighted by Crippen LogP contribution is 2.47. The summed E-state index contributed by atoms with van der Waals surface area (Å²) in [6, 6.07) is 13.2. The molecule has 0 spiro atoms. The molecule has 0 heterocycles. The van der Waals surface area contributed by atoms with Crippen LogP contribution in [-0.4, -0.2) is 5.97 Å². The van der Waals surface area contributed by atoms with E-state index in [1.54, 1.807) is 18.2 Å². The molecule has 160 valence electrons. The van der Waals surface area contributed by atoms with Crippen molar-refractivity contribution >= 4 is 5.97 Å². The molecule has 0 aromatic heterocycles. The second kappa shape index (κ2) is 9.47. The number of carbonyl (C=O) groups excluding carboxylic acids is 1. The average Bonchev–Trinajstić information content (AvgIpc) is 2.79. The number of carbonyl (C=O) groups is 1. The second-order valence-corrected chi connectivity index (χ2v) is 8.89. The minimum atomic E-state index is -0.696. The molecule has 2 aromatic rings. The number of rotatable bonds is 4. The van der Waals surface area contributed by atoms with E-state index < -0.39 is 11.8 Å². The summed E-state index contributed by atoms with van der Waals surface area (Å²) >= 11 is 0. The molecule has 2 aromatic carbocycles. The van der Waals surface area contributed by atoms with Gasteiger partial charge in [-0.2, -0.15) is 5.26 Å². The van der Waals surface area contributed by atoms with Crippen molar-refractivity contribution in [2.24, 2.45) is 17.8 Å². The molecule has 0 N–H and O–H groups in total. The molecule has 3 nitrogen and oxygen atoms in total.